The summed E-state index contributed by atoms with van der Waals surface area (Å²) in [5.74, 6) is 0.00902. The first-order valence-corrected chi connectivity index (χ1v) is 10.7. The molecule has 9 heteroatoms. The highest BCUT2D eigenvalue weighted by Gasteiger charge is 2.16. The van der Waals surface area contributed by atoms with Crippen LogP contribution >= 0.6 is 15.9 Å². The van der Waals surface area contributed by atoms with E-state index in [1.165, 1.54) is 10.6 Å². The molecule has 0 bridgehead atoms. The van der Waals surface area contributed by atoms with Crippen molar-refractivity contribution in [3.8, 4) is 22.7 Å². The minimum absolute atomic E-state index is 0.00902. The van der Waals surface area contributed by atoms with Gasteiger partial charge in [-0.25, -0.2) is 8.78 Å². The molecule has 0 amide bonds. The third-order valence-electron chi connectivity index (χ3n) is 4.93. The Bertz CT molecular complexity index is 1400. The summed E-state index contributed by atoms with van der Waals surface area (Å²) in [6.45, 7) is -0.785. The van der Waals surface area contributed by atoms with E-state index in [0.29, 0.717) is 39.1 Å². The Hall–Kier alpha value is -3.59. The van der Waals surface area contributed by atoms with Gasteiger partial charge in [-0.15, -0.1) is 0 Å². The number of benzene rings is 2. The maximum atomic E-state index is 13.7. The SMILES string of the molecule is CN=Cc1cc(-c2cc3ccc(OCC(F)F)nc3n(-c3ccc(Br)cc3)c2=O)ccc1N. The summed E-state index contributed by atoms with van der Waals surface area (Å²) in [6, 6.07) is 17.3. The van der Waals surface area contributed by atoms with Crippen LogP contribution in [0, 0.1) is 0 Å². The number of alkyl halides is 2. The van der Waals surface area contributed by atoms with Crippen molar-refractivity contribution in [2.45, 2.75) is 6.43 Å². The molecule has 0 atom stereocenters. The number of nitrogens with two attached hydrogens (primary N) is 1. The largest absolute Gasteiger partial charge is 0.472 e. The fraction of sp³-hybridized carbons (Fsp3) is 0.125. The molecule has 2 aromatic carbocycles. The van der Waals surface area contributed by atoms with Gasteiger partial charge in [0.25, 0.3) is 12.0 Å². The van der Waals surface area contributed by atoms with Gasteiger partial charge in [-0.1, -0.05) is 22.0 Å². The molecular weight excluding hydrogens is 494 g/mol. The van der Waals surface area contributed by atoms with Crippen molar-refractivity contribution in [2.75, 3.05) is 19.4 Å². The lowest BCUT2D eigenvalue weighted by molar-refractivity contribution is 0.0797. The lowest BCUT2D eigenvalue weighted by atomic mass is 10.0. The van der Waals surface area contributed by atoms with Crippen molar-refractivity contribution in [3.63, 3.8) is 0 Å². The number of rotatable bonds is 6. The molecule has 4 aromatic rings. The quantitative estimate of drug-likeness (QED) is 0.288. The van der Waals surface area contributed by atoms with Crippen molar-refractivity contribution >= 4 is 38.9 Å². The second-order valence-electron chi connectivity index (χ2n) is 7.17. The molecule has 0 fully saturated rings. The summed E-state index contributed by atoms with van der Waals surface area (Å²) in [5.41, 5.74) is 8.89. The molecule has 0 radical (unpaired) electrons. The monoisotopic (exact) mass is 512 g/mol. The lowest BCUT2D eigenvalue weighted by Crippen LogP contribution is -2.21. The van der Waals surface area contributed by atoms with Crippen molar-refractivity contribution in [1.29, 1.82) is 0 Å². The molecule has 0 saturated carbocycles. The molecule has 0 aliphatic heterocycles. The summed E-state index contributed by atoms with van der Waals surface area (Å²) < 4.78 is 32.6. The van der Waals surface area contributed by atoms with Crippen molar-refractivity contribution in [1.82, 2.24) is 9.55 Å². The average molecular weight is 513 g/mol. The number of hydrogen-bond donors (Lipinski definition) is 1. The van der Waals surface area contributed by atoms with Gasteiger partial charge in [0.1, 0.15) is 0 Å². The van der Waals surface area contributed by atoms with E-state index in [-0.39, 0.29) is 11.4 Å². The summed E-state index contributed by atoms with van der Waals surface area (Å²) in [5, 5.41) is 0.638. The number of hydrogen-bond acceptors (Lipinski definition) is 5. The molecule has 2 N–H and O–H groups in total. The van der Waals surface area contributed by atoms with Gasteiger partial charge in [0, 0.05) is 46.0 Å². The van der Waals surface area contributed by atoms with E-state index in [4.69, 9.17) is 10.5 Å². The van der Waals surface area contributed by atoms with Gasteiger partial charge in [-0.05, 0) is 54.1 Å². The minimum atomic E-state index is -2.63. The number of fused-ring (bicyclic) bond motifs is 1. The second-order valence-corrected chi connectivity index (χ2v) is 8.09. The van der Waals surface area contributed by atoms with Crippen LogP contribution in [0.4, 0.5) is 14.5 Å². The van der Waals surface area contributed by atoms with E-state index < -0.39 is 13.0 Å². The molecule has 0 saturated heterocycles. The number of anilines is 1. The molecule has 0 aliphatic carbocycles. The van der Waals surface area contributed by atoms with E-state index in [9.17, 15) is 13.6 Å². The van der Waals surface area contributed by atoms with E-state index in [1.807, 2.05) is 0 Å². The molecule has 0 aliphatic rings. The van der Waals surface area contributed by atoms with E-state index >= 15 is 0 Å². The van der Waals surface area contributed by atoms with Gasteiger partial charge in [-0.2, -0.15) is 4.98 Å². The van der Waals surface area contributed by atoms with Crippen LogP contribution in [-0.4, -0.2) is 35.8 Å². The Morgan fingerprint density at radius 1 is 1.15 bits per heavy atom. The van der Waals surface area contributed by atoms with Crippen molar-refractivity contribution < 1.29 is 13.5 Å². The van der Waals surface area contributed by atoms with Gasteiger partial charge in [-0.3, -0.25) is 14.4 Å². The van der Waals surface area contributed by atoms with Crippen LogP contribution in [0.1, 0.15) is 5.56 Å². The topological polar surface area (TPSA) is 82.5 Å². The first kappa shape index (κ1) is 22.6. The van der Waals surface area contributed by atoms with Crippen LogP contribution in [0.25, 0.3) is 27.8 Å². The Morgan fingerprint density at radius 2 is 1.91 bits per heavy atom. The molecule has 0 spiro atoms. The van der Waals surface area contributed by atoms with Gasteiger partial charge in [0.2, 0.25) is 5.88 Å². The zero-order valence-corrected chi connectivity index (χ0v) is 19.1. The number of halogens is 3. The standard InChI is InChI=1S/C24H19BrF2N4O2/c1-29-12-16-10-14(2-8-20(16)28)19-11-15-3-9-22(33-13-21(26)27)30-23(15)31(24(19)32)18-6-4-17(25)5-7-18/h2-12,21H,13,28H2,1H3. The van der Waals surface area contributed by atoms with Crippen LogP contribution in [0.15, 0.2) is 74.9 Å². The predicted molar refractivity (Wildman–Crippen MR) is 130 cm³/mol. The molecular formula is C24H19BrF2N4O2. The van der Waals surface area contributed by atoms with Crippen molar-refractivity contribution in [2.24, 2.45) is 4.99 Å². The van der Waals surface area contributed by atoms with Crippen LogP contribution < -0.4 is 16.0 Å². The molecule has 2 heterocycles. The zero-order valence-electron chi connectivity index (χ0n) is 17.5. The third-order valence-corrected chi connectivity index (χ3v) is 5.46. The number of aromatic nitrogens is 2. The third kappa shape index (κ3) is 4.78. The summed E-state index contributed by atoms with van der Waals surface area (Å²) in [6.07, 6.45) is -1.01. The molecule has 6 nitrogen and oxygen atoms in total. The number of aliphatic imine (C=N–C) groups is 1. The number of nitrogens with zero attached hydrogens (tertiary/aromatic N) is 3. The van der Waals surface area contributed by atoms with E-state index in [2.05, 4.69) is 25.9 Å². The highest BCUT2D eigenvalue weighted by atomic mass is 79.9. The first-order chi connectivity index (χ1) is 15.9. The Morgan fingerprint density at radius 3 is 2.61 bits per heavy atom. The van der Waals surface area contributed by atoms with Gasteiger partial charge < -0.3 is 10.5 Å². The van der Waals surface area contributed by atoms with Crippen LogP contribution in [-0.2, 0) is 0 Å². The number of nitrogen functional groups attached to an aromatic ring is 1. The predicted octanol–water partition coefficient (Wildman–Crippen LogP) is 5.09. The van der Waals surface area contributed by atoms with Gasteiger partial charge in [0.05, 0.1) is 5.69 Å². The normalized spacial score (nSPS) is 11.5. The Balaban J connectivity index is 1.98. The van der Waals surface area contributed by atoms with Crippen molar-refractivity contribution in [3.05, 3.63) is 81.1 Å². The summed E-state index contributed by atoms with van der Waals surface area (Å²) >= 11 is 3.39. The molecule has 4 rings (SSSR count). The van der Waals surface area contributed by atoms with Gasteiger partial charge >= 0.3 is 0 Å². The smallest absolute Gasteiger partial charge is 0.272 e. The number of ether oxygens (including phenoxy) is 1. The van der Waals surface area contributed by atoms with Gasteiger partial charge in [0.15, 0.2) is 12.3 Å². The average Bonchev–Trinajstić information content (AvgIpc) is 2.80. The fourth-order valence-electron chi connectivity index (χ4n) is 3.43. The van der Waals surface area contributed by atoms with Crippen LogP contribution in [0.3, 0.4) is 0 Å². The summed E-state index contributed by atoms with van der Waals surface area (Å²) in [4.78, 5) is 22.1. The second kappa shape index (κ2) is 9.50. The fourth-order valence-corrected chi connectivity index (χ4v) is 3.69. The molecule has 2 aromatic heterocycles. The Kier molecular flexibility index (Phi) is 6.50. The van der Waals surface area contributed by atoms with Crippen LogP contribution in [0.2, 0.25) is 0 Å². The minimum Gasteiger partial charge on any atom is -0.472 e. The van der Waals surface area contributed by atoms with E-state index in [0.717, 1.165) is 4.47 Å². The highest BCUT2D eigenvalue weighted by molar-refractivity contribution is 9.10. The lowest BCUT2D eigenvalue weighted by Gasteiger charge is -2.14. The highest BCUT2D eigenvalue weighted by Crippen LogP contribution is 2.27. The zero-order chi connectivity index (χ0) is 23.5. The Labute approximate surface area is 196 Å². The van der Waals surface area contributed by atoms with E-state index in [1.54, 1.807) is 67.9 Å². The van der Waals surface area contributed by atoms with Crippen LogP contribution in [0.5, 0.6) is 5.88 Å². The molecule has 168 valence electrons. The molecule has 0 unspecified atom stereocenters. The maximum absolute atomic E-state index is 13.7. The molecule has 33 heavy (non-hydrogen) atoms. The maximum Gasteiger partial charge on any atom is 0.272 e. The summed E-state index contributed by atoms with van der Waals surface area (Å²) in [7, 11) is 1.64. The number of pyridine rings is 2. The first-order valence-electron chi connectivity index (χ1n) is 9.93.